The third-order valence-corrected chi connectivity index (χ3v) is 2.37. The van der Waals surface area contributed by atoms with Crippen LogP contribution in [-0.4, -0.2) is 30.1 Å². The first-order chi connectivity index (χ1) is 8.43. The number of rotatable bonds is 6. The van der Waals surface area contributed by atoms with Crippen molar-refractivity contribution in [2.24, 2.45) is 0 Å². The molecular weight excluding hydrogens is 242 g/mol. The summed E-state index contributed by atoms with van der Waals surface area (Å²) < 4.78 is 25.3. The zero-order valence-corrected chi connectivity index (χ0v) is 9.83. The zero-order valence-electron chi connectivity index (χ0n) is 9.83. The summed E-state index contributed by atoms with van der Waals surface area (Å²) in [5.41, 5.74) is 7.04. The van der Waals surface area contributed by atoms with Gasteiger partial charge in [0.05, 0.1) is 6.54 Å². The predicted molar refractivity (Wildman–Crippen MR) is 64.2 cm³/mol. The second-order valence-corrected chi connectivity index (χ2v) is 4.04. The van der Waals surface area contributed by atoms with Crippen molar-refractivity contribution in [1.29, 1.82) is 0 Å². The number of nitrogens with two attached hydrogens (primary N) is 1. The number of amides is 1. The van der Waals surface area contributed by atoms with Crippen LogP contribution in [0, 0.1) is 0 Å². The second kappa shape index (κ2) is 6.30. The summed E-state index contributed by atoms with van der Waals surface area (Å²) in [5, 5.41) is 10.4. The van der Waals surface area contributed by atoms with Gasteiger partial charge in [-0.25, -0.2) is 8.78 Å². The first-order valence-electron chi connectivity index (χ1n) is 5.53. The number of benzene rings is 1. The molecule has 0 spiro atoms. The molecule has 0 fully saturated rings. The van der Waals surface area contributed by atoms with Crippen LogP contribution in [0.15, 0.2) is 24.3 Å². The first-order valence-corrected chi connectivity index (χ1v) is 5.53. The van der Waals surface area contributed by atoms with Gasteiger partial charge in [-0.1, -0.05) is 12.1 Å². The van der Waals surface area contributed by atoms with Crippen molar-refractivity contribution >= 4 is 11.6 Å². The lowest BCUT2D eigenvalue weighted by Crippen LogP contribution is -2.39. The highest BCUT2D eigenvalue weighted by molar-refractivity contribution is 5.76. The number of nitrogen functional groups attached to an aromatic ring is 1. The first kappa shape index (κ1) is 14.4. The van der Waals surface area contributed by atoms with Gasteiger partial charge in [0.1, 0.15) is 6.61 Å². The predicted octanol–water partition coefficient (Wildman–Crippen LogP) is 0.945. The number of nitrogens with one attached hydrogen (secondary N) is 1. The van der Waals surface area contributed by atoms with Gasteiger partial charge in [0.15, 0.2) is 0 Å². The molecule has 1 aromatic carbocycles. The van der Waals surface area contributed by atoms with Crippen LogP contribution in [0.4, 0.5) is 14.5 Å². The number of hydrogen-bond donors (Lipinski definition) is 3. The van der Waals surface area contributed by atoms with E-state index in [9.17, 15) is 13.6 Å². The molecule has 6 heteroatoms. The van der Waals surface area contributed by atoms with Crippen LogP contribution in [0.1, 0.15) is 12.0 Å². The van der Waals surface area contributed by atoms with Crippen LogP contribution in [0.3, 0.4) is 0 Å². The van der Waals surface area contributed by atoms with E-state index < -0.39 is 25.0 Å². The van der Waals surface area contributed by atoms with Gasteiger partial charge < -0.3 is 16.2 Å². The quantitative estimate of drug-likeness (QED) is 0.665. The topological polar surface area (TPSA) is 75.4 Å². The van der Waals surface area contributed by atoms with E-state index in [1.807, 2.05) is 6.07 Å². The maximum Gasteiger partial charge on any atom is 0.287 e. The van der Waals surface area contributed by atoms with E-state index >= 15 is 0 Å². The average Bonchev–Trinajstić information content (AvgIpc) is 2.34. The molecule has 100 valence electrons. The average molecular weight is 258 g/mol. The maximum atomic E-state index is 12.6. The Labute approximate surface area is 104 Å². The number of aliphatic hydroxyl groups excluding tert-OH is 1. The zero-order chi connectivity index (χ0) is 13.6. The molecule has 4 nitrogen and oxygen atoms in total. The molecular formula is C12H16F2N2O2. The Morgan fingerprint density at radius 3 is 2.78 bits per heavy atom. The monoisotopic (exact) mass is 258 g/mol. The fraction of sp³-hybridized carbons (Fsp3) is 0.417. The van der Waals surface area contributed by atoms with Gasteiger partial charge in [-0.3, -0.25) is 4.79 Å². The highest BCUT2D eigenvalue weighted by Gasteiger charge is 2.27. The Hall–Kier alpha value is -1.69. The van der Waals surface area contributed by atoms with E-state index in [4.69, 9.17) is 10.8 Å². The number of aliphatic hydroxyl groups is 1. The summed E-state index contributed by atoms with van der Waals surface area (Å²) in [6, 6.07) is 7.04. The second-order valence-electron chi connectivity index (χ2n) is 4.04. The molecule has 0 saturated carbocycles. The smallest absolute Gasteiger partial charge is 0.287 e. The third kappa shape index (κ3) is 5.09. The molecule has 0 bridgehead atoms. The molecule has 0 aliphatic carbocycles. The molecule has 0 saturated heterocycles. The van der Waals surface area contributed by atoms with Gasteiger partial charge in [-0.15, -0.1) is 0 Å². The number of carbonyl (C=O) groups is 1. The van der Waals surface area contributed by atoms with Crippen molar-refractivity contribution in [3.05, 3.63) is 29.8 Å². The summed E-state index contributed by atoms with van der Waals surface area (Å²) in [6.07, 6.45) is 0.534. The van der Waals surface area contributed by atoms with Gasteiger partial charge in [-0.2, -0.15) is 0 Å². The van der Waals surface area contributed by atoms with Gasteiger partial charge in [0.25, 0.3) is 5.92 Å². The lowest BCUT2D eigenvalue weighted by molar-refractivity contribution is -0.124. The summed E-state index contributed by atoms with van der Waals surface area (Å²) in [6.45, 7) is -2.12. The lowest BCUT2D eigenvalue weighted by atomic mass is 10.1. The van der Waals surface area contributed by atoms with Gasteiger partial charge in [-0.05, 0) is 24.1 Å². The number of anilines is 1. The standard InChI is InChI=1S/C12H16F2N2O2/c13-12(14,8-17)7-16-11(18)5-4-9-2-1-3-10(15)6-9/h1-3,6,17H,4-5,7-8,15H2,(H,16,18). The minimum Gasteiger partial charge on any atom is -0.399 e. The van der Waals surface area contributed by atoms with E-state index in [-0.39, 0.29) is 6.42 Å². The molecule has 0 radical (unpaired) electrons. The lowest BCUT2D eigenvalue weighted by Gasteiger charge is -2.13. The molecule has 0 aliphatic heterocycles. The van der Waals surface area contributed by atoms with E-state index in [0.717, 1.165) is 5.56 Å². The van der Waals surface area contributed by atoms with Crippen LogP contribution < -0.4 is 11.1 Å². The molecule has 4 N–H and O–H groups in total. The van der Waals surface area contributed by atoms with Gasteiger partial charge >= 0.3 is 0 Å². The molecule has 0 aliphatic rings. The minimum atomic E-state index is -3.27. The SMILES string of the molecule is Nc1cccc(CCC(=O)NCC(F)(F)CO)c1. The normalized spacial score (nSPS) is 11.3. The van der Waals surface area contributed by atoms with Crippen molar-refractivity contribution in [2.75, 3.05) is 18.9 Å². The molecule has 0 atom stereocenters. The fourth-order valence-electron chi connectivity index (χ4n) is 1.38. The molecule has 1 amide bonds. The number of hydrogen-bond acceptors (Lipinski definition) is 3. The Kier molecular flexibility index (Phi) is 5.03. The number of aryl methyl sites for hydroxylation is 1. The highest BCUT2D eigenvalue weighted by Crippen LogP contribution is 2.11. The Morgan fingerprint density at radius 2 is 2.17 bits per heavy atom. The maximum absolute atomic E-state index is 12.6. The van der Waals surface area contributed by atoms with E-state index in [1.54, 1.807) is 18.2 Å². The Morgan fingerprint density at radius 1 is 1.44 bits per heavy atom. The van der Waals surface area contributed by atoms with Crippen LogP contribution in [0.25, 0.3) is 0 Å². The summed E-state index contributed by atoms with van der Waals surface area (Å²) in [7, 11) is 0. The molecule has 0 aromatic heterocycles. The van der Waals surface area contributed by atoms with E-state index in [1.165, 1.54) is 0 Å². The Balaban J connectivity index is 2.34. The molecule has 1 aromatic rings. The molecule has 1 rings (SSSR count). The highest BCUT2D eigenvalue weighted by atomic mass is 19.3. The van der Waals surface area contributed by atoms with Crippen molar-refractivity contribution in [3.63, 3.8) is 0 Å². The minimum absolute atomic E-state index is 0.102. The summed E-state index contributed by atoms with van der Waals surface area (Å²) >= 11 is 0. The molecule has 0 heterocycles. The summed E-state index contributed by atoms with van der Waals surface area (Å²) in [5.74, 6) is -3.75. The van der Waals surface area contributed by atoms with Crippen molar-refractivity contribution < 1.29 is 18.7 Å². The van der Waals surface area contributed by atoms with Crippen LogP contribution in [0.5, 0.6) is 0 Å². The van der Waals surface area contributed by atoms with E-state index in [0.29, 0.717) is 12.1 Å². The van der Waals surface area contributed by atoms with Crippen molar-refractivity contribution in [2.45, 2.75) is 18.8 Å². The van der Waals surface area contributed by atoms with Gasteiger partial charge in [0, 0.05) is 12.1 Å². The molecule has 18 heavy (non-hydrogen) atoms. The largest absolute Gasteiger partial charge is 0.399 e. The van der Waals surface area contributed by atoms with E-state index in [2.05, 4.69) is 5.32 Å². The van der Waals surface area contributed by atoms with Crippen LogP contribution >= 0.6 is 0 Å². The number of halogens is 2. The molecule has 0 unspecified atom stereocenters. The Bertz CT molecular complexity index is 411. The van der Waals surface area contributed by atoms with Crippen molar-refractivity contribution in [1.82, 2.24) is 5.32 Å². The van der Waals surface area contributed by atoms with Crippen molar-refractivity contribution in [3.8, 4) is 0 Å². The third-order valence-electron chi connectivity index (χ3n) is 2.37. The van der Waals surface area contributed by atoms with Gasteiger partial charge in [0.2, 0.25) is 5.91 Å². The number of alkyl halides is 2. The van der Waals surface area contributed by atoms with Crippen LogP contribution in [0.2, 0.25) is 0 Å². The van der Waals surface area contributed by atoms with Crippen LogP contribution in [-0.2, 0) is 11.2 Å². The fourth-order valence-corrected chi connectivity index (χ4v) is 1.38. The summed E-state index contributed by atoms with van der Waals surface area (Å²) in [4.78, 5) is 11.3. The number of carbonyl (C=O) groups excluding carboxylic acids is 1.